The van der Waals surface area contributed by atoms with Crippen molar-refractivity contribution in [2.24, 2.45) is 5.41 Å². The highest BCUT2D eigenvalue weighted by Gasteiger charge is 2.42. The van der Waals surface area contributed by atoms with Gasteiger partial charge in [0.2, 0.25) is 0 Å². The fourth-order valence-electron chi connectivity index (χ4n) is 3.27. The molecule has 1 unspecified atom stereocenters. The summed E-state index contributed by atoms with van der Waals surface area (Å²) in [4.78, 5) is 25.8. The van der Waals surface area contributed by atoms with Crippen molar-refractivity contribution in [2.45, 2.75) is 43.1 Å². The molecule has 3 aromatic rings. The highest BCUT2D eigenvalue weighted by molar-refractivity contribution is 7.99. The lowest BCUT2D eigenvalue weighted by atomic mass is 9.84. The Hall–Kier alpha value is -2.96. The Balaban J connectivity index is 1.64. The van der Waals surface area contributed by atoms with Gasteiger partial charge in [-0.3, -0.25) is 9.59 Å². The van der Waals surface area contributed by atoms with Gasteiger partial charge in [-0.05, 0) is 68.1 Å². The molecule has 3 rings (SSSR count). The van der Waals surface area contributed by atoms with Gasteiger partial charge in [0, 0.05) is 14.8 Å². The van der Waals surface area contributed by atoms with Crippen LogP contribution in [0.25, 0.3) is 0 Å². The molecule has 0 saturated carbocycles. The third-order valence-electron chi connectivity index (χ3n) is 5.41. The van der Waals surface area contributed by atoms with E-state index in [0.717, 1.165) is 26.7 Å². The lowest BCUT2D eigenvalue weighted by Crippen LogP contribution is -2.38. The molecule has 0 aliphatic rings. The van der Waals surface area contributed by atoms with E-state index < -0.39 is 17.4 Å². The van der Waals surface area contributed by atoms with E-state index >= 15 is 0 Å². The Morgan fingerprint density at radius 3 is 2.41 bits per heavy atom. The van der Waals surface area contributed by atoms with Gasteiger partial charge in [0.25, 0.3) is 0 Å². The Labute approximate surface area is 209 Å². The van der Waals surface area contributed by atoms with E-state index in [4.69, 9.17) is 21.1 Å². The van der Waals surface area contributed by atoms with Crippen LogP contribution in [0.4, 0.5) is 0 Å². The van der Waals surface area contributed by atoms with E-state index in [9.17, 15) is 14.7 Å². The molecular formula is C27H27ClO5S. The van der Waals surface area contributed by atoms with Gasteiger partial charge in [-0.25, -0.2) is 0 Å². The van der Waals surface area contributed by atoms with Crippen molar-refractivity contribution in [3.8, 4) is 5.75 Å². The maximum atomic E-state index is 12.2. The maximum Gasteiger partial charge on any atom is 0.323 e. The lowest BCUT2D eigenvalue weighted by molar-refractivity contribution is -0.167. The molecule has 0 bridgehead atoms. The average molecular weight is 499 g/mol. The number of halogens is 1. The van der Waals surface area contributed by atoms with Crippen LogP contribution in [0, 0.1) is 5.41 Å². The quantitative estimate of drug-likeness (QED) is 0.235. The van der Waals surface area contributed by atoms with E-state index in [1.165, 1.54) is 6.92 Å². The van der Waals surface area contributed by atoms with Crippen LogP contribution in [0.3, 0.4) is 0 Å². The average Bonchev–Trinajstić information content (AvgIpc) is 2.83. The standard InChI is InChI=1S/C27H27ClO5S/c1-3-32-26(31)27(2,25(29)30)15-14-20-12-13-23(17-24(20)28)34-22-11-7-10-21(16-22)33-18-19-8-5-4-6-9-19/h4-13,16-17H,3,14-15,18H2,1-2H3,(H,29,30). The third kappa shape index (κ3) is 6.78. The maximum absolute atomic E-state index is 12.2. The highest BCUT2D eigenvalue weighted by atomic mass is 35.5. The highest BCUT2D eigenvalue weighted by Crippen LogP contribution is 2.34. The van der Waals surface area contributed by atoms with E-state index in [1.807, 2.05) is 72.8 Å². The summed E-state index contributed by atoms with van der Waals surface area (Å²) in [5.41, 5.74) is 0.264. The van der Waals surface area contributed by atoms with E-state index in [-0.39, 0.29) is 13.0 Å². The number of esters is 1. The number of hydrogen-bond donors (Lipinski definition) is 1. The predicted octanol–water partition coefficient (Wildman–Crippen LogP) is 6.66. The Kier molecular flexibility index (Phi) is 9.02. The SMILES string of the molecule is CCOC(=O)C(C)(CCc1ccc(Sc2cccc(OCc3ccccc3)c2)cc1Cl)C(=O)O. The number of carboxylic acids is 1. The first-order valence-electron chi connectivity index (χ1n) is 11.0. The zero-order valence-electron chi connectivity index (χ0n) is 19.1. The second-order valence-electron chi connectivity index (χ2n) is 7.96. The molecule has 0 radical (unpaired) electrons. The summed E-state index contributed by atoms with van der Waals surface area (Å²) >= 11 is 8.05. The van der Waals surface area contributed by atoms with Crippen molar-refractivity contribution >= 4 is 35.3 Å². The normalized spacial score (nSPS) is 12.6. The summed E-state index contributed by atoms with van der Waals surface area (Å²) in [6.07, 6.45) is 0.433. The topological polar surface area (TPSA) is 72.8 Å². The first-order valence-corrected chi connectivity index (χ1v) is 12.1. The number of carbonyl (C=O) groups excluding carboxylic acids is 1. The molecule has 0 fully saturated rings. The minimum absolute atomic E-state index is 0.0914. The Morgan fingerprint density at radius 1 is 1.00 bits per heavy atom. The van der Waals surface area contributed by atoms with Gasteiger partial charge in [-0.15, -0.1) is 0 Å². The number of benzene rings is 3. The molecular weight excluding hydrogens is 472 g/mol. The monoisotopic (exact) mass is 498 g/mol. The largest absolute Gasteiger partial charge is 0.489 e. The van der Waals surface area contributed by atoms with Crippen LogP contribution in [0.15, 0.2) is 82.6 Å². The molecule has 5 nitrogen and oxygen atoms in total. The summed E-state index contributed by atoms with van der Waals surface area (Å²) in [7, 11) is 0. The van der Waals surface area contributed by atoms with Crippen LogP contribution in [-0.2, 0) is 27.4 Å². The van der Waals surface area contributed by atoms with Gasteiger partial charge in [-0.2, -0.15) is 0 Å². The van der Waals surface area contributed by atoms with Gasteiger partial charge >= 0.3 is 11.9 Å². The number of rotatable bonds is 11. The second-order valence-corrected chi connectivity index (χ2v) is 9.52. The number of hydrogen-bond acceptors (Lipinski definition) is 5. The van der Waals surface area contributed by atoms with Crippen molar-refractivity contribution in [1.29, 1.82) is 0 Å². The summed E-state index contributed by atoms with van der Waals surface area (Å²) in [5.74, 6) is -1.16. The van der Waals surface area contributed by atoms with Crippen LogP contribution in [0.5, 0.6) is 5.75 Å². The minimum atomic E-state index is -1.62. The van der Waals surface area contributed by atoms with Gasteiger partial charge in [-0.1, -0.05) is 65.8 Å². The van der Waals surface area contributed by atoms with Crippen molar-refractivity contribution in [1.82, 2.24) is 0 Å². The number of ether oxygens (including phenoxy) is 2. The summed E-state index contributed by atoms with van der Waals surface area (Å²) in [6.45, 7) is 3.67. The lowest BCUT2D eigenvalue weighted by Gasteiger charge is -2.22. The van der Waals surface area contributed by atoms with Gasteiger partial charge in [0.05, 0.1) is 6.61 Å². The predicted molar refractivity (Wildman–Crippen MR) is 133 cm³/mol. The summed E-state index contributed by atoms with van der Waals surface area (Å²) in [5, 5.41) is 10.1. The fourth-order valence-corrected chi connectivity index (χ4v) is 4.52. The minimum Gasteiger partial charge on any atom is -0.489 e. The van der Waals surface area contributed by atoms with Crippen molar-refractivity contribution < 1.29 is 24.2 Å². The Bertz CT molecular complexity index is 1130. The molecule has 178 valence electrons. The summed E-state index contributed by atoms with van der Waals surface area (Å²) < 4.78 is 10.9. The van der Waals surface area contributed by atoms with Crippen LogP contribution in [0.2, 0.25) is 5.02 Å². The van der Waals surface area contributed by atoms with Gasteiger partial charge in [0.1, 0.15) is 12.4 Å². The molecule has 0 heterocycles. The van der Waals surface area contributed by atoms with E-state index in [2.05, 4.69) is 0 Å². The van der Waals surface area contributed by atoms with Gasteiger partial charge in [0.15, 0.2) is 5.41 Å². The van der Waals surface area contributed by atoms with Crippen molar-refractivity contribution in [3.05, 3.63) is 88.9 Å². The number of carboxylic acid groups (broad SMARTS) is 1. The first kappa shape index (κ1) is 25.7. The van der Waals surface area contributed by atoms with Crippen molar-refractivity contribution in [2.75, 3.05) is 6.61 Å². The first-order chi connectivity index (χ1) is 16.3. The van der Waals surface area contributed by atoms with Crippen LogP contribution >= 0.6 is 23.4 Å². The number of aryl methyl sites for hydroxylation is 1. The summed E-state index contributed by atoms with van der Waals surface area (Å²) in [6, 6.07) is 23.5. The molecule has 0 saturated heterocycles. The number of carbonyl (C=O) groups is 2. The van der Waals surface area contributed by atoms with E-state index in [1.54, 1.807) is 18.7 Å². The molecule has 1 N–H and O–H groups in total. The molecule has 0 amide bonds. The molecule has 0 aliphatic heterocycles. The van der Waals surface area contributed by atoms with Crippen LogP contribution < -0.4 is 4.74 Å². The van der Waals surface area contributed by atoms with Crippen molar-refractivity contribution in [3.63, 3.8) is 0 Å². The second kappa shape index (κ2) is 12.0. The molecule has 34 heavy (non-hydrogen) atoms. The molecule has 3 aromatic carbocycles. The zero-order valence-corrected chi connectivity index (χ0v) is 20.7. The van der Waals surface area contributed by atoms with Crippen LogP contribution in [-0.4, -0.2) is 23.7 Å². The number of aliphatic carboxylic acids is 1. The smallest absolute Gasteiger partial charge is 0.323 e. The molecule has 7 heteroatoms. The third-order valence-corrected chi connectivity index (χ3v) is 6.74. The molecule has 0 spiro atoms. The fraction of sp³-hybridized carbons (Fsp3) is 0.259. The van der Waals surface area contributed by atoms with E-state index in [0.29, 0.717) is 18.1 Å². The molecule has 0 aromatic heterocycles. The molecule has 1 atom stereocenters. The zero-order chi connectivity index (χ0) is 24.6. The molecule has 0 aliphatic carbocycles. The van der Waals surface area contributed by atoms with Crippen LogP contribution in [0.1, 0.15) is 31.4 Å². The van der Waals surface area contributed by atoms with Gasteiger partial charge < -0.3 is 14.6 Å². The Morgan fingerprint density at radius 2 is 1.74 bits per heavy atom.